The maximum absolute atomic E-state index is 12.5. The average Bonchev–Trinajstić information content (AvgIpc) is 3.22. The van der Waals surface area contributed by atoms with Crippen molar-refractivity contribution in [1.82, 2.24) is 9.97 Å². The lowest BCUT2D eigenvalue weighted by Crippen LogP contribution is -2.14. The third-order valence-electron chi connectivity index (χ3n) is 4.46. The molecule has 0 saturated heterocycles. The Labute approximate surface area is 193 Å². The molecule has 1 amide bonds. The lowest BCUT2D eigenvalue weighted by atomic mass is 10.2. The first-order chi connectivity index (χ1) is 16.0. The number of ether oxygens (including phenoxy) is 2. The summed E-state index contributed by atoms with van der Waals surface area (Å²) in [6.07, 6.45) is 0. The first-order valence-corrected chi connectivity index (χ1v) is 11.1. The van der Waals surface area contributed by atoms with E-state index in [0.29, 0.717) is 23.3 Å². The van der Waals surface area contributed by atoms with E-state index in [1.165, 1.54) is 30.0 Å². The summed E-state index contributed by atoms with van der Waals surface area (Å²) in [6.45, 7) is 2.43. The second kappa shape index (κ2) is 10.0. The number of para-hydroxylation sites is 2. The van der Waals surface area contributed by atoms with Gasteiger partial charge in [0.25, 0.3) is 5.69 Å². The van der Waals surface area contributed by atoms with Gasteiger partial charge < -0.3 is 19.8 Å². The molecule has 4 aromatic rings. The van der Waals surface area contributed by atoms with Crippen LogP contribution in [0.4, 0.5) is 11.4 Å². The number of non-ortho nitro benzene ring substituents is 1. The van der Waals surface area contributed by atoms with Crippen LogP contribution >= 0.6 is 11.8 Å². The van der Waals surface area contributed by atoms with Crippen molar-refractivity contribution in [2.75, 3.05) is 17.7 Å². The van der Waals surface area contributed by atoms with Crippen LogP contribution in [0.25, 0.3) is 11.0 Å². The minimum atomic E-state index is -0.538. The summed E-state index contributed by atoms with van der Waals surface area (Å²) in [5.74, 6) is 1.16. The molecule has 0 fully saturated rings. The molecule has 1 heterocycles. The lowest BCUT2D eigenvalue weighted by Gasteiger charge is -2.10. The zero-order valence-electron chi connectivity index (χ0n) is 17.6. The molecule has 168 valence electrons. The Kier molecular flexibility index (Phi) is 6.75. The number of amides is 1. The molecular formula is C23H20N4O5S. The van der Waals surface area contributed by atoms with Gasteiger partial charge in [-0.3, -0.25) is 14.9 Å². The van der Waals surface area contributed by atoms with Crippen molar-refractivity contribution in [2.24, 2.45) is 0 Å². The summed E-state index contributed by atoms with van der Waals surface area (Å²) in [4.78, 5) is 30.8. The number of aromatic nitrogens is 2. The molecule has 0 atom stereocenters. The van der Waals surface area contributed by atoms with Crippen molar-refractivity contribution in [1.29, 1.82) is 0 Å². The van der Waals surface area contributed by atoms with Gasteiger partial charge >= 0.3 is 0 Å². The van der Waals surface area contributed by atoms with Gasteiger partial charge in [0.05, 0.1) is 40.1 Å². The number of nitro groups is 1. The lowest BCUT2D eigenvalue weighted by molar-refractivity contribution is -0.384. The monoisotopic (exact) mass is 464 g/mol. The molecule has 33 heavy (non-hydrogen) atoms. The van der Waals surface area contributed by atoms with Gasteiger partial charge in [0.2, 0.25) is 5.91 Å². The Morgan fingerprint density at radius 3 is 2.58 bits per heavy atom. The summed E-state index contributed by atoms with van der Waals surface area (Å²) < 4.78 is 11.2. The number of rotatable bonds is 9. The van der Waals surface area contributed by atoms with Gasteiger partial charge in [-0.15, -0.1) is 0 Å². The van der Waals surface area contributed by atoms with E-state index in [9.17, 15) is 14.9 Å². The van der Waals surface area contributed by atoms with E-state index in [-0.39, 0.29) is 28.8 Å². The van der Waals surface area contributed by atoms with E-state index in [1.54, 1.807) is 24.3 Å². The van der Waals surface area contributed by atoms with E-state index >= 15 is 0 Å². The number of aromatic amines is 1. The number of nitrogens with one attached hydrogen (secondary N) is 2. The zero-order chi connectivity index (χ0) is 23.2. The van der Waals surface area contributed by atoms with Gasteiger partial charge in [-0.1, -0.05) is 23.9 Å². The largest absolute Gasteiger partial charge is 0.494 e. The number of carbonyl (C=O) groups is 1. The van der Waals surface area contributed by atoms with E-state index in [0.717, 1.165) is 11.0 Å². The van der Waals surface area contributed by atoms with E-state index in [4.69, 9.17) is 9.47 Å². The molecule has 4 rings (SSSR count). The highest BCUT2D eigenvalue weighted by atomic mass is 32.2. The van der Waals surface area contributed by atoms with E-state index in [2.05, 4.69) is 15.3 Å². The second-order valence-electron chi connectivity index (χ2n) is 6.88. The Hall–Kier alpha value is -4.05. The SMILES string of the molecule is CCOc1ccc(Oc2cc(NC(=O)CSc3nc4ccccc4[nH]3)cc([N+](=O)[O-])c2)cc1. The van der Waals surface area contributed by atoms with Crippen LogP contribution in [0.1, 0.15) is 6.92 Å². The molecule has 0 bridgehead atoms. The fourth-order valence-corrected chi connectivity index (χ4v) is 3.74. The molecule has 9 nitrogen and oxygen atoms in total. The van der Waals surface area contributed by atoms with Crippen LogP contribution in [0.3, 0.4) is 0 Å². The molecule has 3 aromatic carbocycles. The van der Waals surface area contributed by atoms with Crippen molar-refractivity contribution >= 4 is 40.1 Å². The molecule has 0 unspecified atom stereocenters. The predicted octanol–water partition coefficient (Wildman–Crippen LogP) is 5.39. The Morgan fingerprint density at radius 2 is 1.85 bits per heavy atom. The molecule has 0 radical (unpaired) electrons. The Morgan fingerprint density at radius 1 is 1.09 bits per heavy atom. The highest BCUT2D eigenvalue weighted by Gasteiger charge is 2.14. The predicted molar refractivity (Wildman–Crippen MR) is 126 cm³/mol. The number of imidazole rings is 1. The Bertz CT molecular complexity index is 1260. The summed E-state index contributed by atoms with van der Waals surface area (Å²) in [5.41, 5.74) is 1.77. The standard InChI is InChI=1S/C23H20N4O5S/c1-2-31-17-7-9-18(10-8-17)32-19-12-15(11-16(13-19)27(29)30)24-22(28)14-33-23-25-20-5-3-4-6-21(20)26-23/h3-13H,2,14H2,1H3,(H,24,28)(H,25,26). The Balaban J connectivity index is 1.44. The van der Waals surface area contributed by atoms with Gasteiger partial charge in [0, 0.05) is 12.1 Å². The van der Waals surface area contributed by atoms with Crippen LogP contribution in [0.15, 0.2) is 71.9 Å². The first kappa shape index (κ1) is 22.2. The zero-order valence-corrected chi connectivity index (χ0v) is 18.4. The molecule has 0 aliphatic heterocycles. The number of fused-ring (bicyclic) bond motifs is 1. The second-order valence-corrected chi connectivity index (χ2v) is 7.84. The molecule has 2 N–H and O–H groups in total. The van der Waals surface area contributed by atoms with Crippen LogP contribution < -0.4 is 14.8 Å². The molecule has 0 saturated carbocycles. The van der Waals surface area contributed by atoms with Gasteiger partial charge in [0.1, 0.15) is 17.2 Å². The number of H-pyrrole nitrogens is 1. The molecule has 10 heteroatoms. The number of hydrogen-bond donors (Lipinski definition) is 2. The minimum Gasteiger partial charge on any atom is -0.494 e. The molecule has 0 aliphatic carbocycles. The topological polar surface area (TPSA) is 119 Å². The normalized spacial score (nSPS) is 10.7. The van der Waals surface area contributed by atoms with Crippen LogP contribution in [0.2, 0.25) is 0 Å². The van der Waals surface area contributed by atoms with Crippen molar-refractivity contribution < 1.29 is 19.2 Å². The number of carbonyl (C=O) groups excluding carboxylic acids is 1. The fourth-order valence-electron chi connectivity index (χ4n) is 3.06. The van der Waals surface area contributed by atoms with E-state index in [1.807, 2.05) is 31.2 Å². The third kappa shape index (κ3) is 5.80. The van der Waals surface area contributed by atoms with Crippen LogP contribution in [-0.4, -0.2) is 33.2 Å². The third-order valence-corrected chi connectivity index (χ3v) is 5.34. The smallest absolute Gasteiger partial charge is 0.275 e. The van der Waals surface area contributed by atoms with Crippen molar-refractivity contribution in [3.63, 3.8) is 0 Å². The molecule has 1 aromatic heterocycles. The van der Waals surface area contributed by atoms with Crippen molar-refractivity contribution in [3.8, 4) is 17.2 Å². The maximum atomic E-state index is 12.5. The van der Waals surface area contributed by atoms with Crippen LogP contribution in [-0.2, 0) is 4.79 Å². The number of benzene rings is 3. The highest BCUT2D eigenvalue weighted by molar-refractivity contribution is 7.99. The first-order valence-electron chi connectivity index (χ1n) is 10.1. The summed E-state index contributed by atoms with van der Waals surface area (Å²) in [7, 11) is 0. The number of nitrogens with zero attached hydrogens (tertiary/aromatic N) is 2. The number of nitro benzene ring substituents is 1. The minimum absolute atomic E-state index is 0.0809. The molecule has 0 aliphatic rings. The summed E-state index contributed by atoms with van der Waals surface area (Å²) in [5, 5.41) is 14.7. The van der Waals surface area contributed by atoms with Gasteiger partial charge in [-0.2, -0.15) is 0 Å². The van der Waals surface area contributed by atoms with Crippen molar-refractivity contribution in [3.05, 3.63) is 76.8 Å². The van der Waals surface area contributed by atoms with Gasteiger partial charge in [-0.05, 0) is 43.3 Å². The molecular weight excluding hydrogens is 444 g/mol. The number of anilines is 1. The van der Waals surface area contributed by atoms with E-state index < -0.39 is 4.92 Å². The molecule has 0 spiro atoms. The van der Waals surface area contributed by atoms with Crippen LogP contribution in [0, 0.1) is 10.1 Å². The van der Waals surface area contributed by atoms with Gasteiger partial charge in [0.15, 0.2) is 5.16 Å². The highest BCUT2D eigenvalue weighted by Crippen LogP contribution is 2.31. The van der Waals surface area contributed by atoms with Crippen molar-refractivity contribution in [2.45, 2.75) is 12.1 Å². The van der Waals surface area contributed by atoms with Gasteiger partial charge in [-0.25, -0.2) is 4.98 Å². The quantitative estimate of drug-likeness (QED) is 0.193. The maximum Gasteiger partial charge on any atom is 0.275 e. The van der Waals surface area contributed by atoms with Crippen LogP contribution in [0.5, 0.6) is 17.2 Å². The average molecular weight is 465 g/mol. The summed E-state index contributed by atoms with van der Waals surface area (Å²) in [6, 6.07) is 18.6. The number of thioether (sulfide) groups is 1. The summed E-state index contributed by atoms with van der Waals surface area (Å²) >= 11 is 1.24. The fraction of sp³-hybridized carbons (Fsp3) is 0.130. The number of hydrogen-bond acceptors (Lipinski definition) is 7.